The van der Waals surface area contributed by atoms with E-state index in [4.69, 9.17) is 44.3 Å². The Bertz CT molecular complexity index is 611. The van der Waals surface area contributed by atoms with Crippen LogP contribution >= 0.6 is 34.8 Å². The third-order valence-corrected chi connectivity index (χ3v) is 3.13. The van der Waals surface area contributed by atoms with Gasteiger partial charge in [-0.1, -0.05) is 40.9 Å². The summed E-state index contributed by atoms with van der Waals surface area (Å²) < 4.78 is 11.3. The number of benzene rings is 2. The first kappa shape index (κ1) is 11.0. The minimum Gasteiger partial charge on any atom is -0.448 e. The average molecular weight is 288 g/mol. The number of rotatable bonds is 0. The van der Waals surface area contributed by atoms with Gasteiger partial charge in [0.25, 0.3) is 0 Å². The van der Waals surface area contributed by atoms with Gasteiger partial charge in [-0.2, -0.15) is 0 Å². The van der Waals surface area contributed by atoms with Crippen LogP contribution in [0.2, 0.25) is 15.1 Å². The maximum absolute atomic E-state index is 6.03. The summed E-state index contributed by atoms with van der Waals surface area (Å²) >= 11 is 17.9. The van der Waals surface area contributed by atoms with Gasteiger partial charge in [0, 0.05) is 11.1 Å². The molecular formula is C12H5Cl3O2. The van der Waals surface area contributed by atoms with E-state index in [2.05, 4.69) is 0 Å². The van der Waals surface area contributed by atoms with Gasteiger partial charge in [-0.15, -0.1) is 0 Å². The maximum Gasteiger partial charge on any atom is 0.188 e. The summed E-state index contributed by atoms with van der Waals surface area (Å²) in [5, 5.41) is 1.36. The molecule has 0 fully saturated rings. The van der Waals surface area contributed by atoms with Crippen LogP contribution < -0.4 is 9.47 Å². The summed E-state index contributed by atoms with van der Waals surface area (Å²) in [5.41, 5.74) is 0. The molecule has 0 saturated carbocycles. The Hall–Kier alpha value is -1.09. The van der Waals surface area contributed by atoms with Gasteiger partial charge in [0.05, 0.1) is 10.0 Å². The van der Waals surface area contributed by atoms with Crippen LogP contribution in [0.25, 0.3) is 0 Å². The normalized spacial score (nSPS) is 12.2. The zero-order chi connectivity index (χ0) is 12.0. The third kappa shape index (κ3) is 1.82. The first-order valence-corrected chi connectivity index (χ1v) is 5.92. The van der Waals surface area contributed by atoms with Crippen molar-refractivity contribution in [2.45, 2.75) is 0 Å². The van der Waals surface area contributed by atoms with Gasteiger partial charge in [-0.05, 0) is 18.2 Å². The van der Waals surface area contributed by atoms with Crippen LogP contribution in [-0.4, -0.2) is 0 Å². The standard InChI is InChI=1S/C12H5Cl3O2/c13-6-4-8(15)12-10(5-6)17-11-7(14)2-1-3-9(11)16-12/h1-5H. The van der Waals surface area contributed by atoms with Gasteiger partial charge in [0.1, 0.15) is 0 Å². The first-order valence-electron chi connectivity index (χ1n) is 4.78. The van der Waals surface area contributed by atoms with E-state index in [1.54, 1.807) is 30.3 Å². The van der Waals surface area contributed by atoms with Gasteiger partial charge in [0.15, 0.2) is 23.0 Å². The average Bonchev–Trinajstić information content (AvgIpc) is 2.28. The van der Waals surface area contributed by atoms with E-state index in [-0.39, 0.29) is 0 Å². The van der Waals surface area contributed by atoms with E-state index >= 15 is 0 Å². The van der Waals surface area contributed by atoms with E-state index in [1.165, 1.54) is 0 Å². The summed E-state index contributed by atoms with van der Waals surface area (Å²) in [7, 11) is 0. The van der Waals surface area contributed by atoms with Crippen LogP contribution in [0.4, 0.5) is 0 Å². The molecule has 0 spiro atoms. The van der Waals surface area contributed by atoms with Crippen molar-refractivity contribution in [2.24, 2.45) is 0 Å². The van der Waals surface area contributed by atoms with Crippen LogP contribution in [0.5, 0.6) is 23.0 Å². The minimum absolute atomic E-state index is 0.401. The zero-order valence-electron chi connectivity index (χ0n) is 8.34. The highest BCUT2D eigenvalue weighted by Gasteiger charge is 2.23. The Morgan fingerprint density at radius 1 is 0.765 bits per heavy atom. The lowest BCUT2D eigenvalue weighted by Gasteiger charge is -2.22. The fourth-order valence-corrected chi connectivity index (χ4v) is 2.32. The van der Waals surface area contributed by atoms with Crippen molar-refractivity contribution in [3.05, 3.63) is 45.4 Å². The molecule has 2 aromatic carbocycles. The second-order valence-electron chi connectivity index (χ2n) is 3.49. The molecule has 86 valence electrons. The Balaban J connectivity index is 2.17. The molecule has 1 heterocycles. The number of ether oxygens (including phenoxy) is 2. The maximum atomic E-state index is 6.03. The monoisotopic (exact) mass is 286 g/mol. The first-order chi connectivity index (χ1) is 8.15. The Morgan fingerprint density at radius 3 is 2.29 bits per heavy atom. The Labute approximate surface area is 113 Å². The summed E-state index contributed by atoms with van der Waals surface area (Å²) in [6.07, 6.45) is 0. The molecule has 2 aromatic rings. The van der Waals surface area contributed by atoms with Gasteiger partial charge in [0.2, 0.25) is 0 Å². The smallest absolute Gasteiger partial charge is 0.188 e. The summed E-state index contributed by atoms with van der Waals surface area (Å²) in [6.45, 7) is 0. The topological polar surface area (TPSA) is 18.5 Å². The molecule has 0 amide bonds. The summed E-state index contributed by atoms with van der Waals surface area (Å²) in [5.74, 6) is 1.92. The SMILES string of the molecule is Clc1cc(Cl)c2c(c1)Oc1c(Cl)cccc1O2. The lowest BCUT2D eigenvalue weighted by atomic mass is 10.2. The van der Waals surface area contributed by atoms with Gasteiger partial charge in [-0.3, -0.25) is 0 Å². The fraction of sp³-hybridized carbons (Fsp3) is 0. The molecule has 5 heteroatoms. The highest BCUT2D eigenvalue weighted by molar-refractivity contribution is 6.36. The molecule has 3 rings (SSSR count). The number of hydrogen-bond donors (Lipinski definition) is 0. The van der Waals surface area contributed by atoms with Crippen molar-refractivity contribution in [3.63, 3.8) is 0 Å². The number of para-hydroxylation sites is 1. The van der Waals surface area contributed by atoms with Gasteiger partial charge >= 0.3 is 0 Å². The molecule has 17 heavy (non-hydrogen) atoms. The Kier molecular flexibility index (Phi) is 2.58. The van der Waals surface area contributed by atoms with Crippen LogP contribution in [0, 0.1) is 0 Å². The van der Waals surface area contributed by atoms with E-state index in [0.29, 0.717) is 38.1 Å². The summed E-state index contributed by atoms with van der Waals surface area (Å²) in [6, 6.07) is 8.49. The van der Waals surface area contributed by atoms with Crippen molar-refractivity contribution < 1.29 is 9.47 Å². The molecule has 0 bridgehead atoms. The Morgan fingerprint density at radius 2 is 1.47 bits per heavy atom. The quantitative estimate of drug-likeness (QED) is 0.540. The van der Waals surface area contributed by atoms with Crippen LogP contribution in [-0.2, 0) is 0 Å². The molecule has 0 aliphatic carbocycles. The van der Waals surface area contributed by atoms with Crippen LogP contribution in [0.15, 0.2) is 30.3 Å². The second-order valence-corrected chi connectivity index (χ2v) is 4.74. The molecule has 0 atom stereocenters. The number of hydrogen-bond acceptors (Lipinski definition) is 2. The van der Waals surface area contributed by atoms with Crippen LogP contribution in [0.1, 0.15) is 0 Å². The fourth-order valence-electron chi connectivity index (χ4n) is 1.60. The second kappa shape index (κ2) is 3.98. The molecule has 2 nitrogen and oxygen atoms in total. The molecule has 0 unspecified atom stereocenters. The lowest BCUT2D eigenvalue weighted by Crippen LogP contribution is -1.99. The molecule has 1 aliphatic heterocycles. The molecule has 0 aromatic heterocycles. The van der Waals surface area contributed by atoms with E-state index < -0.39 is 0 Å². The van der Waals surface area contributed by atoms with Gasteiger partial charge in [-0.25, -0.2) is 0 Å². The molecule has 0 N–H and O–H groups in total. The largest absolute Gasteiger partial charge is 0.448 e. The predicted molar refractivity (Wildman–Crippen MR) is 68.1 cm³/mol. The third-order valence-electron chi connectivity index (χ3n) is 2.33. The van der Waals surface area contributed by atoms with E-state index in [0.717, 1.165) is 0 Å². The molecular weight excluding hydrogens is 282 g/mol. The zero-order valence-corrected chi connectivity index (χ0v) is 10.6. The number of fused-ring (bicyclic) bond motifs is 2. The highest BCUT2D eigenvalue weighted by atomic mass is 35.5. The van der Waals surface area contributed by atoms with E-state index in [9.17, 15) is 0 Å². The predicted octanol–water partition coefficient (Wildman–Crippen LogP) is 5.54. The molecule has 0 saturated heterocycles. The molecule has 1 aliphatic rings. The minimum atomic E-state index is 0.401. The van der Waals surface area contributed by atoms with Crippen molar-refractivity contribution >= 4 is 34.8 Å². The van der Waals surface area contributed by atoms with Gasteiger partial charge < -0.3 is 9.47 Å². The van der Waals surface area contributed by atoms with Crippen molar-refractivity contribution in [2.75, 3.05) is 0 Å². The van der Waals surface area contributed by atoms with Crippen molar-refractivity contribution in [1.82, 2.24) is 0 Å². The van der Waals surface area contributed by atoms with Crippen molar-refractivity contribution in [1.29, 1.82) is 0 Å². The molecule has 0 radical (unpaired) electrons. The van der Waals surface area contributed by atoms with E-state index in [1.807, 2.05) is 0 Å². The lowest BCUT2D eigenvalue weighted by molar-refractivity contribution is 0.360. The van der Waals surface area contributed by atoms with Crippen molar-refractivity contribution in [3.8, 4) is 23.0 Å². The number of halogens is 3. The van der Waals surface area contributed by atoms with Crippen LogP contribution in [0.3, 0.4) is 0 Å². The summed E-state index contributed by atoms with van der Waals surface area (Å²) in [4.78, 5) is 0. The highest BCUT2D eigenvalue weighted by Crippen LogP contribution is 2.51.